The summed E-state index contributed by atoms with van der Waals surface area (Å²) >= 11 is 0. The van der Waals surface area contributed by atoms with Gasteiger partial charge in [0.1, 0.15) is 0 Å². The first-order valence-electron chi connectivity index (χ1n) is 2.91. The summed E-state index contributed by atoms with van der Waals surface area (Å²) in [5.41, 5.74) is 2.69. The van der Waals surface area contributed by atoms with Crippen LogP contribution in [0.15, 0.2) is 30.3 Å². The van der Waals surface area contributed by atoms with Gasteiger partial charge in [0.25, 0.3) is 0 Å². The van der Waals surface area contributed by atoms with Crippen LogP contribution in [-0.4, -0.2) is 5.09 Å². The number of nitrogens with one attached hydrogen (secondary N) is 1. The highest BCUT2D eigenvalue weighted by Gasteiger charge is 1.92. The van der Waals surface area contributed by atoms with E-state index in [4.69, 9.17) is 0 Å². The normalized spacial score (nSPS) is 8.73. The summed E-state index contributed by atoms with van der Waals surface area (Å²) in [5.74, 6) is 0. The van der Waals surface area contributed by atoms with Crippen LogP contribution in [0.2, 0.25) is 0 Å². The molecule has 0 spiro atoms. The number of para-hydroxylation sites is 1. The Morgan fingerprint density at radius 2 is 2.00 bits per heavy atom. The molecule has 5 nitrogen and oxygen atoms in total. The predicted octanol–water partition coefficient (Wildman–Crippen LogP) is 1.22. The van der Waals surface area contributed by atoms with Crippen LogP contribution in [-0.2, 0) is 4.94 Å². The maximum absolute atomic E-state index is 9.69. The smallest absolute Gasteiger partial charge is 0.225 e. The highest BCUT2D eigenvalue weighted by molar-refractivity contribution is 5.39. The SMILES string of the molecule is O=[N+]([O-])ONc1ccccc1. The molecule has 0 aromatic heterocycles. The average molecular weight is 154 g/mol. The van der Waals surface area contributed by atoms with Gasteiger partial charge in [-0.3, -0.25) is 0 Å². The first-order valence-corrected chi connectivity index (χ1v) is 2.91. The molecule has 58 valence electrons. The molecule has 0 bridgehead atoms. The first kappa shape index (κ1) is 7.33. The van der Waals surface area contributed by atoms with Crippen molar-refractivity contribution in [3.8, 4) is 0 Å². The molecule has 0 saturated heterocycles. The topological polar surface area (TPSA) is 64.4 Å². The van der Waals surface area contributed by atoms with E-state index in [1.54, 1.807) is 30.3 Å². The lowest BCUT2D eigenvalue weighted by Gasteiger charge is -1.99. The highest BCUT2D eigenvalue weighted by Crippen LogP contribution is 2.03. The van der Waals surface area contributed by atoms with Gasteiger partial charge in [-0.25, -0.2) is 5.48 Å². The van der Waals surface area contributed by atoms with E-state index >= 15 is 0 Å². The zero-order valence-corrected chi connectivity index (χ0v) is 5.56. The third-order valence-corrected chi connectivity index (χ3v) is 1.01. The van der Waals surface area contributed by atoms with E-state index in [9.17, 15) is 10.1 Å². The van der Waals surface area contributed by atoms with Crippen LogP contribution >= 0.6 is 0 Å². The third kappa shape index (κ3) is 2.53. The minimum Gasteiger partial charge on any atom is -0.225 e. The summed E-state index contributed by atoms with van der Waals surface area (Å²) in [4.78, 5) is 13.6. The molecule has 0 saturated carbocycles. The Morgan fingerprint density at radius 3 is 2.55 bits per heavy atom. The fourth-order valence-corrected chi connectivity index (χ4v) is 0.596. The Balaban J connectivity index is 2.45. The quantitative estimate of drug-likeness (QED) is 0.525. The molecule has 0 amide bonds. The molecule has 1 rings (SSSR count). The average Bonchev–Trinajstić information content (AvgIpc) is 2.03. The highest BCUT2D eigenvalue weighted by atomic mass is 17.0. The van der Waals surface area contributed by atoms with Crippen LogP contribution < -0.4 is 5.48 Å². The van der Waals surface area contributed by atoms with Gasteiger partial charge < -0.3 is 0 Å². The van der Waals surface area contributed by atoms with Crippen LogP contribution in [0.4, 0.5) is 5.69 Å². The molecule has 0 aliphatic rings. The van der Waals surface area contributed by atoms with E-state index in [-0.39, 0.29) is 0 Å². The number of hydrogen-bond donors (Lipinski definition) is 1. The molecule has 11 heavy (non-hydrogen) atoms. The van der Waals surface area contributed by atoms with Crippen molar-refractivity contribution < 1.29 is 10.0 Å². The summed E-state index contributed by atoms with van der Waals surface area (Å²) in [6.07, 6.45) is 0. The fraction of sp³-hybridized carbons (Fsp3) is 0. The van der Waals surface area contributed by atoms with Gasteiger partial charge in [0.2, 0.25) is 0 Å². The number of rotatable bonds is 3. The third-order valence-electron chi connectivity index (χ3n) is 1.01. The van der Waals surface area contributed by atoms with Gasteiger partial charge in [0.15, 0.2) is 0 Å². The lowest BCUT2D eigenvalue weighted by atomic mass is 10.3. The van der Waals surface area contributed by atoms with Crippen molar-refractivity contribution in [3.05, 3.63) is 40.4 Å². The Hall–Kier alpha value is -1.78. The lowest BCUT2D eigenvalue weighted by Crippen LogP contribution is -2.07. The fourth-order valence-electron chi connectivity index (χ4n) is 0.596. The molecular weight excluding hydrogens is 148 g/mol. The predicted molar refractivity (Wildman–Crippen MR) is 38.1 cm³/mol. The molecular formula is C6H6N2O3. The maximum Gasteiger partial charge on any atom is 0.316 e. The standard InChI is InChI=1S/C6H6N2O3/c9-8(10)11-7-6-4-2-1-3-5-6/h1-5,7H. The molecule has 0 aliphatic carbocycles. The molecule has 0 radical (unpaired) electrons. The number of benzene rings is 1. The molecule has 1 aromatic rings. The molecule has 0 aliphatic heterocycles. The second-order valence-corrected chi connectivity index (χ2v) is 1.78. The van der Waals surface area contributed by atoms with Crippen molar-refractivity contribution >= 4 is 5.69 Å². The van der Waals surface area contributed by atoms with Crippen molar-refractivity contribution in [1.29, 1.82) is 0 Å². The maximum atomic E-state index is 9.69. The minimum atomic E-state index is -0.910. The van der Waals surface area contributed by atoms with Crippen LogP contribution in [0, 0.1) is 10.1 Å². The molecule has 1 N–H and O–H groups in total. The van der Waals surface area contributed by atoms with Crippen molar-refractivity contribution in [1.82, 2.24) is 0 Å². The zero-order valence-electron chi connectivity index (χ0n) is 5.56. The number of hydrogen-bond acceptors (Lipinski definition) is 4. The van der Waals surface area contributed by atoms with Gasteiger partial charge >= 0.3 is 5.09 Å². The van der Waals surface area contributed by atoms with Gasteiger partial charge in [-0.15, -0.1) is 10.1 Å². The summed E-state index contributed by atoms with van der Waals surface area (Å²) in [6.45, 7) is 0. The van der Waals surface area contributed by atoms with Crippen LogP contribution in [0.3, 0.4) is 0 Å². The largest absolute Gasteiger partial charge is 0.316 e. The number of nitrogens with zero attached hydrogens (tertiary/aromatic N) is 1. The first-order chi connectivity index (χ1) is 5.29. The monoisotopic (exact) mass is 154 g/mol. The molecule has 5 heteroatoms. The zero-order chi connectivity index (χ0) is 8.10. The molecule has 1 aromatic carbocycles. The van der Waals surface area contributed by atoms with Gasteiger partial charge in [-0.2, -0.15) is 4.94 Å². The van der Waals surface area contributed by atoms with E-state index in [0.29, 0.717) is 5.69 Å². The Kier molecular flexibility index (Phi) is 2.27. The summed E-state index contributed by atoms with van der Waals surface area (Å²) in [5, 5.41) is 8.78. The minimum absolute atomic E-state index is 0.546. The van der Waals surface area contributed by atoms with Gasteiger partial charge in [0.05, 0.1) is 5.69 Å². The summed E-state index contributed by atoms with van der Waals surface area (Å²) in [7, 11) is 0. The van der Waals surface area contributed by atoms with E-state index in [2.05, 4.69) is 10.4 Å². The summed E-state index contributed by atoms with van der Waals surface area (Å²) in [6, 6.07) is 8.60. The van der Waals surface area contributed by atoms with Crippen molar-refractivity contribution in [2.75, 3.05) is 5.48 Å². The second-order valence-electron chi connectivity index (χ2n) is 1.78. The lowest BCUT2D eigenvalue weighted by molar-refractivity contribution is -0.748. The van der Waals surface area contributed by atoms with Gasteiger partial charge in [0, 0.05) is 0 Å². The number of anilines is 1. The second kappa shape index (κ2) is 3.40. The van der Waals surface area contributed by atoms with E-state index in [1.165, 1.54) is 0 Å². The van der Waals surface area contributed by atoms with Crippen molar-refractivity contribution in [2.45, 2.75) is 0 Å². The van der Waals surface area contributed by atoms with Crippen LogP contribution in [0.25, 0.3) is 0 Å². The van der Waals surface area contributed by atoms with Crippen molar-refractivity contribution in [3.63, 3.8) is 0 Å². The summed E-state index contributed by atoms with van der Waals surface area (Å²) < 4.78 is 0. The Labute approximate surface area is 62.7 Å². The van der Waals surface area contributed by atoms with E-state index < -0.39 is 5.09 Å². The van der Waals surface area contributed by atoms with E-state index in [0.717, 1.165) is 0 Å². The van der Waals surface area contributed by atoms with E-state index in [1.807, 2.05) is 0 Å². The van der Waals surface area contributed by atoms with Gasteiger partial charge in [-0.1, -0.05) is 18.2 Å². The molecule has 0 fully saturated rings. The molecule has 0 atom stereocenters. The Bertz CT molecular complexity index is 237. The van der Waals surface area contributed by atoms with Crippen LogP contribution in [0.5, 0.6) is 0 Å². The van der Waals surface area contributed by atoms with Crippen LogP contribution in [0.1, 0.15) is 0 Å². The Morgan fingerprint density at radius 1 is 1.36 bits per heavy atom. The van der Waals surface area contributed by atoms with Gasteiger partial charge in [-0.05, 0) is 12.1 Å². The van der Waals surface area contributed by atoms with Crippen molar-refractivity contribution in [2.24, 2.45) is 0 Å². The molecule has 0 unspecified atom stereocenters. The molecule has 0 heterocycles.